The summed E-state index contributed by atoms with van der Waals surface area (Å²) in [6, 6.07) is 10.4. The summed E-state index contributed by atoms with van der Waals surface area (Å²) in [6.45, 7) is 0.475. The van der Waals surface area contributed by atoms with E-state index in [-0.39, 0.29) is 0 Å². The molecule has 4 nitrogen and oxygen atoms in total. The van der Waals surface area contributed by atoms with Gasteiger partial charge in [0.1, 0.15) is 5.02 Å². The molecule has 0 saturated carbocycles. The number of nitrogens with zero attached hydrogens (tertiary/aromatic N) is 2. The first-order valence-corrected chi connectivity index (χ1v) is 9.81. The lowest BCUT2D eigenvalue weighted by atomic mass is 10.2. The first-order valence-electron chi connectivity index (χ1n) is 7.51. The monoisotopic (exact) mass is 478 g/mol. The third-order valence-electron chi connectivity index (χ3n) is 3.40. The van der Waals surface area contributed by atoms with Gasteiger partial charge in [-0.25, -0.2) is 0 Å². The van der Waals surface area contributed by atoms with Crippen LogP contribution in [0.15, 0.2) is 42.6 Å². The third kappa shape index (κ3) is 5.64. The predicted octanol–water partition coefficient (Wildman–Crippen LogP) is 7.01. The SMILES string of the molecule is S=C(Nc1cc(Cl)cc(Cl)c1)Nc1nn(Cc2ccc(Cl)c(Cl)c2)cc1Cl. The summed E-state index contributed by atoms with van der Waals surface area (Å²) in [7, 11) is 0. The van der Waals surface area contributed by atoms with Gasteiger partial charge >= 0.3 is 0 Å². The Balaban J connectivity index is 1.68. The zero-order valence-corrected chi connectivity index (χ0v) is 18.0. The van der Waals surface area contributed by atoms with Gasteiger partial charge in [-0.1, -0.05) is 64.1 Å². The Morgan fingerprint density at radius 3 is 2.26 bits per heavy atom. The van der Waals surface area contributed by atoms with Crippen molar-refractivity contribution in [3.05, 3.63) is 73.3 Å². The van der Waals surface area contributed by atoms with E-state index in [4.69, 9.17) is 70.2 Å². The van der Waals surface area contributed by atoms with Crippen molar-refractivity contribution < 1.29 is 0 Å². The zero-order chi connectivity index (χ0) is 19.6. The number of hydrogen-bond donors (Lipinski definition) is 2. The van der Waals surface area contributed by atoms with Gasteiger partial charge in [-0.2, -0.15) is 5.10 Å². The summed E-state index contributed by atoms with van der Waals surface area (Å²) >= 11 is 35.5. The van der Waals surface area contributed by atoms with Gasteiger partial charge in [0.05, 0.1) is 16.6 Å². The zero-order valence-electron chi connectivity index (χ0n) is 13.4. The number of anilines is 2. The van der Waals surface area contributed by atoms with Gasteiger partial charge in [0.2, 0.25) is 0 Å². The van der Waals surface area contributed by atoms with Crippen LogP contribution in [0.5, 0.6) is 0 Å². The lowest BCUT2D eigenvalue weighted by molar-refractivity contribution is 0.690. The second kappa shape index (κ2) is 8.86. The van der Waals surface area contributed by atoms with E-state index in [1.807, 2.05) is 6.07 Å². The molecule has 0 bridgehead atoms. The first kappa shape index (κ1) is 20.5. The fourth-order valence-corrected chi connectivity index (χ4v) is 3.54. The molecule has 0 saturated heterocycles. The van der Waals surface area contributed by atoms with Gasteiger partial charge in [0.25, 0.3) is 0 Å². The number of aromatic nitrogens is 2. The summed E-state index contributed by atoms with van der Waals surface area (Å²) in [6.07, 6.45) is 1.69. The fourth-order valence-electron chi connectivity index (χ4n) is 2.28. The molecule has 27 heavy (non-hydrogen) atoms. The fraction of sp³-hybridized carbons (Fsp3) is 0.0588. The van der Waals surface area contributed by atoms with Gasteiger partial charge in [0.15, 0.2) is 10.9 Å². The normalized spacial score (nSPS) is 10.7. The van der Waals surface area contributed by atoms with Crippen LogP contribution < -0.4 is 10.6 Å². The van der Waals surface area contributed by atoms with Crippen LogP contribution in [-0.4, -0.2) is 14.9 Å². The molecule has 0 aliphatic carbocycles. The second-order valence-corrected chi connectivity index (χ2v) is 8.01. The van der Waals surface area contributed by atoms with Crippen molar-refractivity contribution in [1.29, 1.82) is 0 Å². The molecular weight excluding hydrogens is 470 g/mol. The Morgan fingerprint density at radius 2 is 1.59 bits per heavy atom. The number of benzene rings is 2. The Labute approximate surface area is 186 Å². The average Bonchev–Trinajstić information content (AvgIpc) is 2.89. The number of rotatable bonds is 4. The average molecular weight is 481 g/mol. The maximum Gasteiger partial charge on any atom is 0.176 e. The number of thiocarbonyl (C=S) groups is 1. The molecule has 0 aliphatic rings. The standard InChI is InChI=1S/C17H11Cl5N4S/c18-10-4-11(19)6-12(5-10)23-17(27)24-16-15(22)8-26(25-16)7-9-1-2-13(20)14(21)3-9/h1-6,8H,7H2,(H2,23,24,25,27). The van der Waals surface area contributed by atoms with Gasteiger partial charge in [-0.15, -0.1) is 0 Å². The minimum Gasteiger partial charge on any atom is -0.332 e. The van der Waals surface area contributed by atoms with Crippen LogP contribution in [0.2, 0.25) is 25.1 Å². The molecule has 0 radical (unpaired) electrons. The van der Waals surface area contributed by atoms with E-state index in [2.05, 4.69) is 15.7 Å². The van der Waals surface area contributed by atoms with Crippen molar-refractivity contribution in [3.8, 4) is 0 Å². The highest BCUT2D eigenvalue weighted by Crippen LogP contribution is 2.25. The van der Waals surface area contributed by atoms with Crippen LogP contribution in [0.25, 0.3) is 0 Å². The molecule has 3 rings (SSSR count). The minimum absolute atomic E-state index is 0.301. The molecule has 0 unspecified atom stereocenters. The highest BCUT2D eigenvalue weighted by molar-refractivity contribution is 7.80. The predicted molar refractivity (Wildman–Crippen MR) is 119 cm³/mol. The van der Waals surface area contributed by atoms with Crippen molar-refractivity contribution in [2.24, 2.45) is 0 Å². The molecule has 1 aromatic heterocycles. The van der Waals surface area contributed by atoms with Crippen molar-refractivity contribution in [1.82, 2.24) is 9.78 Å². The molecule has 140 valence electrons. The highest BCUT2D eigenvalue weighted by atomic mass is 35.5. The van der Waals surface area contributed by atoms with E-state index in [9.17, 15) is 0 Å². The van der Waals surface area contributed by atoms with Crippen molar-refractivity contribution >= 4 is 86.8 Å². The van der Waals surface area contributed by atoms with Crippen molar-refractivity contribution in [2.45, 2.75) is 6.54 Å². The summed E-state index contributed by atoms with van der Waals surface area (Å²) in [5, 5.41) is 13.0. The summed E-state index contributed by atoms with van der Waals surface area (Å²) in [4.78, 5) is 0. The van der Waals surface area contributed by atoms with Crippen molar-refractivity contribution in [2.75, 3.05) is 10.6 Å². The Morgan fingerprint density at radius 1 is 0.889 bits per heavy atom. The quantitative estimate of drug-likeness (QED) is 0.394. The smallest absolute Gasteiger partial charge is 0.176 e. The molecule has 2 N–H and O–H groups in total. The van der Waals surface area contributed by atoms with E-state index < -0.39 is 0 Å². The number of nitrogens with one attached hydrogen (secondary N) is 2. The molecular formula is C17H11Cl5N4S. The topological polar surface area (TPSA) is 41.9 Å². The Bertz CT molecular complexity index is 985. The molecule has 0 spiro atoms. The highest BCUT2D eigenvalue weighted by Gasteiger charge is 2.10. The maximum atomic E-state index is 6.24. The van der Waals surface area contributed by atoms with Gasteiger partial charge in [-0.05, 0) is 48.1 Å². The summed E-state index contributed by atoms with van der Waals surface area (Å²) in [5.74, 6) is 0.419. The number of hydrogen-bond acceptors (Lipinski definition) is 2. The van der Waals surface area contributed by atoms with Gasteiger partial charge < -0.3 is 10.6 Å². The van der Waals surface area contributed by atoms with Crippen LogP contribution in [-0.2, 0) is 6.54 Å². The van der Waals surface area contributed by atoms with E-state index in [1.165, 1.54) is 0 Å². The molecule has 3 aromatic rings. The van der Waals surface area contributed by atoms with Crippen LogP contribution in [0.1, 0.15) is 5.56 Å². The molecule has 10 heteroatoms. The lowest BCUT2D eigenvalue weighted by Gasteiger charge is -2.10. The lowest BCUT2D eigenvalue weighted by Crippen LogP contribution is -2.19. The van der Waals surface area contributed by atoms with E-state index in [0.717, 1.165) is 5.56 Å². The maximum absolute atomic E-state index is 6.24. The minimum atomic E-state index is 0.301. The van der Waals surface area contributed by atoms with Crippen LogP contribution in [0, 0.1) is 0 Å². The molecule has 1 heterocycles. The van der Waals surface area contributed by atoms with Crippen LogP contribution in [0.3, 0.4) is 0 Å². The molecule has 0 atom stereocenters. The third-order valence-corrected chi connectivity index (χ3v) is 5.05. The van der Waals surface area contributed by atoms with E-state index >= 15 is 0 Å². The Kier molecular flexibility index (Phi) is 6.74. The number of halogens is 5. The molecule has 0 fully saturated rings. The van der Waals surface area contributed by atoms with Gasteiger partial charge in [-0.3, -0.25) is 4.68 Å². The molecule has 2 aromatic carbocycles. The van der Waals surface area contributed by atoms with Crippen molar-refractivity contribution in [3.63, 3.8) is 0 Å². The van der Waals surface area contributed by atoms with E-state index in [1.54, 1.807) is 41.2 Å². The largest absolute Gasteiger partial charge is 0.332 e. The second-order valence-electron chi connectivity index (χ2n) is 5.51. The summed E-state index contributed by atoms with van der Waals surface area (Å²) in [5.41, 5.74) is 1.58. The van der Waals surface area contributed by atoms with E-state index in [0.29, 0.717) is 48.3 Å². The first-order chi connectivity index (χ1) is 12.8. The van der Waals surface area contributed by atoms with Crippen LogP contribution >= 0.6 is 70.2 Å². The molecule has 0 aliphatic heterocycles. The summed E-state index contributed by atoms with van der Waals surface area (Å²) < 4.78 is 1.67. The van der Waals surface area contributed by atoms with Crippen LogP contribution in [0.4, 0.5) is 11.5 Å². The van der Waals surface area contributed by atoms with Gasteiger partial charge in [0, 0.05) is 21.9 Å². The Hall–Kier alpha value is -1.21. The molecule has 0 amide bonds.